The summed E-state index contributed by atoms with van der Waals surface area (Å²) in [5, 5.41) is 0.378. The molecule has 1 aromatic carbocycles. The van der Waals surface area contributed by atoms with E-state index in [2.05, 4.69) is 22.5 Å². The second-order valence-electron chi connectivity index (χ2n) is 10.0. The second-order valence-corrected chi connectivity index (χ2v) is 11.4. The normalized spacial score (nSPS) is 15.7. The van der Waals surface area contributed by atoms with Gasteiger partial charge in [-0.05, 0) is 76.3 Å². The molecule has 1 aliphatic rings. The average Bonchev–Trinajstić information content (AvgIpc) is 3.28. The second kappa shape index (κ2) is 13.8. The largest absolute Gasteiger partial charge is 0.353 e. The lowest BCUT2D eigenvalue weighted by molar-refractivity contribution is -0.163. The Morgan fingerprint density at radius 1 is 1.18 bits per heavy atom. The first-order chi connectivity index (χ1) is 19.2. The van der Waals surface area contributed by atoms with Gasteiger partial charge < -0.3 is 14.0 Å². The molecule has 1 unspecified atom stereocenters. The predicted octanol–water partition coefficient (Wildman–Crippen LogP) is 6.23. The zero-order valence-corrected chi connectivity index (χ0v) is 25.6. The van der Waals surface area contributed by atoms with Crippen LogP contribution in [0.3, 0.4) is 0 Å². The fraction of sp³-hybridized carbons (Fsp3) is 0.433. The molecule has 4 rings (SSSR count). The van der Waals surface area contributed by atoms with Crippen LogP contribution in [0.2, 0.25) is 0 Å². The van der Waals surface area contributed by atoms with Crippen molar-refractivity contribution in [2.45, 2.75) is 72.4 Å². The van der Waals surface area contributed by atoms with Crippen LogP contribution < -0.4 is 11.2 Å². The van der Waals surface area contributed by atoms with Gasteiger partial charge in [-0.3, -0.25) is 13.9 Å². The Morgan fingerprint density at radius 3 is 2.55 bits per heavy atom. The summed E-state index contributed by atoms with van der Waals surface area (Å²) < 4.78 is 17.2. The number of rotatable bonds is 11. The van der Waals surface area contributed by atoms with E-state index in [4.69, 9.17) is 26.1 Å². The molecule has 214 valence electrons. The molecular weight excluding hydrogens is 596 g/mol. The highest BCUT2D eigenvalue weighted by molar-refractivity contribution is 9.10. The van der Waals surface area contributed by atoms with Crippen LogP contribution in [0.5, 0.6) is 0 Å². The van der Waals surface area contributed by atoms with Gasteiger partial charge in [0.15, 0.2) is 17.5 Å². The van der Waals surface area contributed by atoms with E-state index in [0.717, 1.165) is 40.4 Å². The van der Waals surface area contributed by atoms with Crippen molar-refractivity contribution < 1.29 is 9.47 Å². The van der Waals surface area contributed by atoms with Gasteiger partial charge in [0.05, 0.1) is 6.61 Å². The number of hydrogen-bond donors (Lipinski definition) is 0. The first kappa shape index (κ1) is 30.2. The highest BCUT2D eigenvalue weighted by Crippen LogP contribution is 2.26. The number of allylic oxidation sites excluding steroid dienone is 5. The summed E-state index contributed by atoms with van der Waals surface area (Å²) >= 11 is 9.54. The van der Waals surface area contributed by atoms with Crippen molar-refractivity contribution in [3.8, 4) is 0 Å². The van der Waals surface area contributed by atoms with Gasteiger partial charge in [-0.15, -0.1) is 0 Å². The van der Waals surface area contributed by atoms with Crippen molar-refractivity contribution in [1.29, 1.82) is 0 Å². The van der Waals surface area contributed by atoms with Crippen molar-refractivity contribution in [3.63, 3.8) is 0 Å². The summed E-state index contributed by atoms with van der Waals surface area (Å²) in [5.74, 6) is 0.585. The van der Waals surface area contributed by atoms with E-state index in [1.807, 2.05) is 55.7 Å². The molecule has 1 saturated heterocycles. The maximum absolute atomic E-state index is 14.0. The number of ether oxygens (including phenoxy) is 2. The number of hydrogen-bond acceptors (Lipinski definition) is 5. The van der Waals surface area contributed by atoms with Crippen LogP contribution in [0, 0.1) is 0 Å². The zero-order valence-electron chi connectivity index (χ0n) is 23.3. The number of benzene rings is 1. The lowest BCUT2D eigenvalue weighted by Crippen LogP contribution is -2.40. The Kier molecular flexibility index (Phi) is 10.4. The Hall–Kier alpha value is -2.72. The molecule has 8 nitrogen and oxygen atoms in total. The number of aryl methyl sites for hydroxylation is 1. The van der Waals surface area contributed by atoms with Crippen molar-refractivity contribution in [2.75, 3.05) is 13.2 Å². The van der Waals surface area contributed by atoms with Gasteiger partial charge in [-0.2, -0.15) is 0 Å². The number of nitrogens with zero attached hydrogens (tertiary/aromatic N) is 4. The lowest BCUT2D eigenvalue weighted by atomic mass is 10.1. The summed E-state index contributed by atoms with van der Waals surface area (Å²) in [6.07, 6.45) is 6.84. The number of imidazole rings is 1. The van der Waals surface area contributed by atoms with Crippen LogP contribution in [0.4, 0.5) is 0 Å². The highest BCUT2D eigenvalue weighted by atomic mass is 79.9. The molecule has 3 aromatic rings. The Labute approximate surface area is 247 Å². The molecular formula is C30H36BrClN4O4. The smallest absolute Gasteiger partial charge is 0.332 e. The molecule has 3 heterocycles. The van der Waals surface area contributed by atoms with Gasteiger partial charge in [0.2, 0.25) is 0 Å². The quantitative estimate of drug-likeness (QED) is 0.185. The van der Waals surface area contributed by atoms with E-state index in [1.165, 1.54) is 4.57 Å². The van der Waals surface area contributed by atoms with E-state index in [-0.39, 0.29) is 24.1 Å². The summed E-state index contributed by atoms with van der Waals surface area (Å²) in [6.45, 7) is 11.7. The molecule has 1 aliphatic heterocycles. The summed E-state index contributed by atoms with van der Waals surface area (Å²) in [7, 11) is 0. The third-order valence-electron chi connectivity index (χ3n) is 6.86. The fourth-order valence-electron chi connectivity index (χ4n) is 4.82. The van der Waals surface area contributed by atoms with E-state index in [0.29, 0.717) is 54.7 Å². The number of fused-ring (bicyclic) bond motifs is 1. The first-order valence-electron chi connectivity index (χ1n) is 13.6. The van der Waals surface area contributed by atoms with Crippen LogP contribution in [-0.2, 0) is 29.1 Å². The van der Waals surface area contributed by atoms with Crippen LogP contribution in [0.25, 0.3) is 16.7 Å². The molecule has 0 saturated carbocycles. The van der Waals surface area contributed by atoms with Crippen molar-refractivity contribution >= 4 is 44.3 Å². The molecule has 1 fully saturated rings. The van der Waals surface area contributed by atoms with E-state index < -0.39 is 0 Å². The van der Waals surface area contributed by atoms with E-state index in [1.54, 1.807) is 10.6 Å². The molecule has 0 radical (unpaired) electrons. The summed E-state index contributed by atoms with van der Waals surface area (Å²) in [5.41, 5.74) is 2.78. The molecule has 10 heteroatoms. The molecule has 0 aliphatic carbocycles. The Morgan fingerprint density at radius 2 is 1.93 bits per heavy atom. The standard InChI is InChI=1S/C30H36BrClN4O4/c1-5-34-28-26(29(37)35(30(34)38)16-8-18-40-25-9-6-7-17-39-25)36(19-22-11-13-23(31)14-12-22)27(33-28)24(20(2)3)15-10-21(4)32/h10-15,25H,4-9,16-19H2,1-3H3/b15-10-. The molecule has 0 bridgehead atoms. The van der Waals surface area contributed by atoms with Crippen molar-refractivity contribution in [1.82, 2.24) is 18.7 Å². The van der Waals surface area contributed by atoms with Crippen molar-refractivity contribution in [2.24, 2.45) is 0 Å². The van der Waals surface area contributed by atoms with E-state index >= 15 is 0 Å². The summed E-state index contributed by atoms with van der Waals surface area (Å²) in [4.78, 5) is 32.4. The lowest BCUT2D eigenvalue weighted by Gasteiger charge is -2.22. The van der Waals surface area contributed by atoms with Gasteiger partial charge in [0, 0.05) is 41.3 Å². The van der Waals surface area contributed by atoms with Crippen LogP contribution in [0.15, 0.2) is 67.7 Å². The highest BCUT2D eigenvalue weighted by Gasteiger charge is 2.23. The molecule has 0 spiro atoms. The minimum atomic E-state index is -0.378. The monoisotopic (exact) mass is 630 g/mol. The molecule has 0 N–H and O–H groups in total. The van der Waals surface area contributed by atoms with Gasteiger partial charge in [0.1, 0.15) is 5.82 Å². The Bertz CT molecular complexity index is 1540. The van der Waals surface area contributed by atoms with Gasteiger partial charge >= 0.3 is 5.69 Å². The average molecular weight is 632 g/mol. The van der Waals surface area contributed by atoms with Crippen molar-refractivity contribution in [3.05, 3.63) is 90.3 Å². The molecule has 2 aromatic heterocycles. The number of aromatic nitrogens is 4. The third kappa shape index (κ3) is 6.94. The SMILES string of the molecule is C=C(Cl)/C=C\C(=C(C)C)c1nc2c(c(=O)n(CCCOC3CCCCO3)c(=O)n2CC)n1Cc1ccc(Br)cc1. The van der Waals surface area contributed by atoms with Gasteiger partial charge in [-0.25, -0.2) is 9.78 Å². The Balaban J connectivity index is 1.83. The van der Waals surface area contributed by atoms with Crippen LogP contribution in [-0.4, -0.2) is 38.2 Å². The third-order valence-corrected chi connectivity index (χ3v) is 7.52. The van der Waals surface area contributed by atoms with E-state index in [9.17, 15) is 9.59 Å². The zero-order chi connectivity index (χ0) is 28.8. The first-order valence-corrected chi connectivity index (χ1v) is 14.8. The van der Waals surface area contributed by atoms with Crippen LogP contribution >= 0.6 is 27.5 Å². The topological polar surface area (TPSA) is 80.3 Å². The van der Waals surface area contributed by atoms with Gasteiger partial charge in [-0.1, -0.05) is 51.8 Å². The number of halogens is 2. The molecule has 40 heavy (non-hydrogen) atoms. The van der Waals surface area contributed by atoms with Gasteiger partial charge in [0.25, 0.3) is 5.56 Å². The fourth-order valence-corrected chi connectivity index (χ4v) is 5.15. The predicted molar refractivity (Wildman–Crippen MR) is 164 cm³/mol. The van der Waals surface area contributed by atoms with Crippen LogP contribution in [0.1, 0.15) is 57.8 Å². The maximum Gasteiger partial charge on any atom is 0.332 e. The minimum absolute atomic E-state index is 0.213. The summed E-state index contributed by atoms with van der Waals surface area (Å²) in [6, 6.07) is 7.92. The minimum Gasteiger partial charge on any atom is -0.353 e. The maximum atomic E-state index is 14.0. The molecule has 1 atom stereocenters. The molecule has 0 amide bonds.